The van der Waals surface area contributed by atoms with Crippen molar-refractivity contribution in [1.82, 2.24) is 5.32 Å². The quantitative estimate of drug-likeness (QED) is 0.335. The molecule has 0 atom stereocenters. The minimum Gasteiger partial charge on any atom is -0.376 e. The largest absolute Gasteiger partial charge is 0.416 e. The maximum Gasteiger partial charge on any atom is 0.416 e. The van der Waals surface area contributed by atoms with E-state index in [1.807, 2.05) is 0 Å². The molecule has 0 aliphatic carbocycles. The molecule has 5 heteroatoms. The lowest BCUT2D eigenvalue weighted by atomic mass is 10.8. The molecule has 0 aliphatic rings. The zero-order valence-corrected chi connectivity index (χ0v) is 5.84. The van der Waals surface area contributed by atoms with Crippen LogP contribution in [0.3, 0.4) is 0 Å². The van der Waals surface area contributed by atoms with E-state index in [9.17, 15) is 9.59 Å². The standard InChI is InChI=1S/C5H9NO4/c1-4(7)10-5(8)6-3-9-2/h3H2,1-2H3,(H,6,8). The van der Waals surface area contributed by atoms with Crippen molar-refractivity contribution in [1.29, 1.82) is 0 Å². The Morgan fingerprint density at radius 3 is 2.50 bits per heavy atom. The molecule has 0 fully saturated rings. The van der Waals surface area contributed by atoms with Gasteiger partial charge in [-0.05, 0) is 0 Å². The maximum absolute atomic E-state index is 10.4. The first kappa shape index (κ1) is 8.90. The second-order valence-corrected chi connectivity index (χ2v) is 1.49. The first-order valence-electron chi connectivity index (χ1n) is 2.62. The number of alkyl carbamates (subject to hydrolysis) is 1. The van der Waals surface area contributed by atoms with Crippen LogP contribution in [-0.4, -0.2) is 25.9 Å². The van der Waals surface area contributed by atoms with E-state index in [4.69, 9.17) is 0 Å². The lowest BCUT2D eigenvalue weighted by Gasteiger charge is -2.00. The summed E-state index contributed by atoms with van der Waals surface area (Å²) in [6, 6.07) is 0. The van der Waals surface area contributed by atoms with Crippen molar-refractivity contribution in [3.05, 3.63) is 0 Å². The van der Waals surface area contributed by atoms with Crippen LogP contribution in [0.2, 0.25) is 0 Å². The van der Waals surface area contributed by atoms with Crippen molar-refractivity contribution in [2.45, 2.75) is 6.92 Å². The number of hydrogen-bond donors (Lipinski definition) is 1. The minimum atomic E-state index is -0.797. The minimum absolute atomic E-state index is 0.0338. The third-order valence-corrected chi connectivity index (χ3v) is 0.597. The number of hydrogen-bond acceptors (Lipinski definition) is 4. The van der Waals surface area contributed by atoms with Crippen molar-refractivity contribution in [2.75, 3.05) is 13.8 Å². The van der Waals surface area contributed by atoms with Crippen LogP contribution >= 0.6 is 0 Å². The second kappa shape index (κ2) is 4.75. The molecular weight excluding hydrogens is 138 g/mol. The third kappa shape index (κ3) is 5.04. The van der Waals surface area contributed by atoms with Crippen molar-refractivity contribution >= 4 is 12.1 Å². The Morgan fingerprint density at radius 1 is 1.50 bits per heavy atom. The molecule has 0 aliphatic heterocycles. The van der Waals surface area contributed by atoms with Gasteiger partial charge in [-0.1, -0.05) is 0 Å². The Labute approximate surface area is 58.3 Å². The van der Waals surface area contributed by atoms with Crippen LogP contribution < -0.4 is 5.32 Å². The fraction of sp³-hybridized carbons (Fsp3) is 0.600. The predicted molar refractivity (Wildman–Crippen MR) is 32.2 cm³/mol. The lowest BCUT2D eigenvalue weighted by Crippen LogP contribution is -2.27. The van der Waals surface area contributed by atoms with Gasteiger partial charge in [-0.25, -0.2) is 4.79 Å². The molecule has 1 N–H and O–H groups in total. The molecule has 0 saturated heterocycles. The molecule has 0 bridgehead atoms. The van der Waals surface area contributed by atoms with Gasteiger partial charge in [0.1, 0.15) is 6.73 Å². The van der Waals surface area contributed by atoms with E-state index in [1.165, 1.54) is 7.11 Å². The van der Waals surface area contributed by atoms with E-state index < -0.39 is 12.1 Å². The van der Waals surface area contributed by atoms with Crippen molar-refractivity contribution < 1.29 is 19.1 Å². The third-order valence-electron chi connectivity index (χ3n) is 0.597. The molecule has 0 spiro atoms. The van der Waals surface area contributed by atoms with Crippen LogP contribution in [0.4, 0.5) is 4.79 Å². The molecule has 1 amide bonds. The van der Waals surface area contributed by atoms with Crippen molar-refractivity contribution in [2.24, 2.45) is 0 Å². The van der Waals surface area contributed by atoms with Gasteiger partial charge in [0.25, 0.3) is 0 Å². The van der Waals surface area contributed by atoms with Crippen molar-refractivity contribution in [3.63, 3.8) is 0 Å². The number of ether oxygens (including phenoxy) is 2. The molecule has 0 aromatic carbocycles. The number of carbonyl (C=O) groups excluding carboxylic acids is 2. The van der Waals surface area contributed by atoms with Crippen molar-refractivity contribution in [3.8, 4) is 0 Å². The smallest absolute Gasteiger partial charge is 0.376 e. The molecule has 0 aromatic rings. The van der Waals surface area contributed by atoms with Gasteiger partial charge in [0.05, 0.1) is 0 Å². The first-order valence-corrected chi connectivity index (χ1v) is 2.62. The molecular formula is C5H9NO4. The van der Waals surface area contributed by atoms with Gasteiger partial charge in [-0.3, -0.25) is 10.1 Å². The van der Waals surface area contributed by atoms with E-state index in [0.717, 1.165) is 6.92 Å². The Balaban J connectivity index is 3.35. The van der Waals surface area contributed by atoms with Gasteiger partial charge in [0, 0.05) is 14.0 Å². The van der Waals surface area contributed by atoms with Crippen LogP contribution in [0.15, 0.2) is 0 Å². The SMILES string of the molecule is COCNC(=O)OC(C)=O. The summed E-state index contributed by atoms with van der Waals surface area (Å²) in [6.07, 6.45) is -0.797. The number of methoxy groups -OCH3 is 1. The molecule has 58 valence electrons. The fourth-order valence-electron chi connectivity index (χ4n) is 0.298. The second-order valence-electron chi connectivity index (χ2n) is 1.49. The van der Waals surface area contributed by atoms with Gasteiger partial charge in [-0.2, -0.15) is 0 Å². The molecule has 0 aromatic heterocycles. The summed E-state index contributed by atoms with van der Waals surface area (Å²) in [6.45, 7) is 1.18. The average molecular weight is 147 g/mol. The summed E-state index contributed by atoms with van der Waals surface area (Å²) in [5, 5.41) is 2.16. The number of carbonyl (C=O) groups is 2. The van der Waals surface area contributed by atoms with Gasteiger partial charge in [-0.15, -0.1) is 0 Å². The van der Waals surface area contributed by atoms with Crippen LogP contribution in [0.5, 0.6) is 0 Å². The van der Waals surface area contributed by atoms with Gasteiger partial charge < -0.3 is 9.47 Å². The topological polar surface area (TPSA) is 64.6 Å². The summed E-state index contributed by atoms with van der Waals surface area (Å²) in [4.78, 5) is 20.5. The zero-order valence-electron chi connectivity index (χ0n) is 5.84. The van der Waals surface area contributed by atoms with E-state index in [-0.39, 0.29) is 6.73 Å². The Kier molecular flexibility index (Phi) is 4.23. The first-order chi connectivity index (χ1) is 4.66. The fourth-order valence-corrected chi connectivity index (χ4v) is 0.298. The van der Waals surface area contributed by atoms with E-state index >= 15 is 0 Å². The van der Waals surface area contributed by atoms with Crippen LogP contribution in [0.25, 0.3) is 0 Å². The van der Waals surface area contributed by atoms with E-state index in [2.05, 4.69) is 14.8 Å². The van der Waals surface area contributed by atoms with Gasteiger partial charge in [0.15, 0.2) is 0 Å². The highest BCUT2D eigenvalue weighted by Crippen LogP contribution is 1.77. The monoisotopic (exact) mass is 147 g/mol. The predicted octanol–water partition coefficient (Wildman–Crippen LogP) is -0.137. The lowest BCUT2D eigenvalue weighted by molar-refractivity contribution is -0.134. The number of rotatable bonds is 2. The summed E-state index contributed by atoms with van der Waals surface area (Å²) in [5.41, 5.74) is 0. The normalized spacial score (nSPS) is 8.60. The maximum atomic E-state index is 10.4. The number of amides is 1. The summed E-state index contributed by atoms with van der Waals surface area (Å²) < 4.78 is 8.55. The Hall–Kier alpha value is -1.10. The number of esters is 1. The molecule has 0 heterocycles. The van der Waals surface area contributed by atoms with Crippen LogP contribution in [0.1, 0.15) is 6.92 Å². The molecule has 0 radical (unpaired) electrons. The van der Waals surface area contributed by atoms with Crippen LogP contribution in [0, 0.1) is 0 Å². The Bertz CT molecular complexity index is 134. The highest BCUT2D eigenvalue weighted by Gasteiger charge is 2.02. The molecule has 0 rings (SSSR count). The summed E-state index contributed by atoms with van der Waals surface area (Å²) >= 11 is 0. The van der Waals surface area contributed by atoms with E-state index in [1.54, 1.807) is 0 Å². The molecule has 0 unspecified atom stereocenters. The zero-order chi connectivity index (χ0) is 7.98. The average Bonchev–Trinajstić information content (AvgIpc) is 1.82. The van der Waals surface area contributed by atoms with Gasteiger partial charge >= 0.3 is 12.1 Å². The van der Waals surface area contributed by atoms with Crippen LogP contribution in [-0.2, 0) is 14.3 Å². The highest BCUT2D eigenvalue weighted by atomic mass is 16.6. The summed E-state index contributed by atoms with van der Waals surface area (Å²) in [5.74, 6) is -0.645. The molecule has 5 nitrogen and oxygen atoms in total. The number of nitrogens with one attached hydrogen (secondary N) is 1. The van der Waals surface area contributed by atoms with E-state index in [0.29, 0.717) is 0 Å². The highest BCUT2D eigenvalue weighted by molar-refractivity contribution is 5.82. The molecule has 10 heavy (non-hydrogen) atoms. The Morgan fingerprint density at radius 2 is 2.10 bits per heavy atom. The van der Waals surface area contributed by atoms with Gasteiger partial charge in [0.2, 0.25) is 0 Å². The summed E-state index contributed by atoms with van der Waals surface area (Å²) in [7, 11) is 1.41. The molecule has 0 saturated carbocycles.